The monoisotopic (exact) mass is 334 g/mol. The molecule has 5 heteroatoms. The van der Waals surface area contributed by atoms with Crippen LogP contribution in [0.25, 0.3) is 0 Å². The van der Waals surface area contributed by atoms with E-state index in [2.05, 4.69) is 17.6 Å². The van der Waals surface area contributed by atoms with Crippen molar-refractivity contribution in [2.24, 2.45) is 5.92 Å². The Morgan fingerprint density at radius 3 is 2.46 bits per heavy atom. The number of carbonyl (C=O) groups excluding carboxylic acids is 1. The smallest absolute Gasteiger partial charge is 0.227 e. The second-order valence-corrected chi connectivity index (χ2v) is 7.59. The Bertz CT molecular complexity index is 533. The second-order valence-electron chi connectivity index (χ2n) is 7.59. The standard InChI is InChI=1S/C19H30N2O3/c1-13(20-11-17(22)12-24-19(2,3)4)14-7-9-16(10-8-14)21-18(23)15-5-6-15/h7-10,13,15,17,20,22H,5-6,11-12H2,1-4H3,(H,21,23). The van der Waals surface area contributed by atoms with Crippen LogP contribution in [0.5, 0.6) is 0 Å². The molecule has 24 heavy (non-hydrogen) atoms. The first-order valence-corrected chi connectivity index (χ1v) is 8.71. The summed E-state index contributed by atoms with van der Waals surface area (Å²) in [6, 6.07) is 7.96. The minimum atomic E-state index is -0.538. The molecule has 2 unspecified atom stereocenters. The molecule has 1 aliphatic carbocycles. The lowest BCUT2D eigenvalue weighted by Gasteiger charge is -2.23. The highest BCUT2D eigenvalue weighted by molar-refractivity contribution is 5.93. The summed E-state index contributed by atoms with van der Waals surface area (Å²) in [5, 5.41) is 16.2. The minimum absolute atomic E-state index is 0.113. The van der Waals surface area contributed by atoms with Gasteiger partial charge in [-0.15, -0.1) is 0 Å². The van der Waals surface area contributed by atoms with E-state index < -0.39 is 6.10 Å². The molecule has 0 saturated heterocycles. The molecule has 2 atom stereocenters. The van der Waals surface area contributed by atoms with Crippen LogP contribution in [-0.4, -0.2) is 35.9 Å². The van der Waals surface area contributed by atoms with Gasteiger partial charge in [-0.3, -0.25) is 4.79 Å². The van der Waals surface area contributed by atoms with E-state index in [1.807, 2.05) is 45.0 Å². The SMILES string of the molecule is CC(NCC(O)COC(C)(C)C)c1ccc(NC(=O)C2CC2)cc1. The van der Waals surface area contributed by atoms with Crippen molar-refractivity contribution in [2.45, 2.75) is 58.3 Å². The topological polar surface area (TPSA) is 70.6 Å². The molecule has 1 amide bonds. The molecule has 3 N–H and O–H groups in total. The van der Waals surface area contributed by atoms with Crippen molar-refractivity contribution in [2.75, 3.05) is 18.5 Å². The summed E-state index contributed by atoms with van der Waals surface area (Å²) >= 11 is 0. The van der Waals surface area contributed by atoms with Gasteiger partial charge in [-0.05, 0) is 58.2 Å². The lowest BCUT2D eigenvalue weighted by atomic mass is 10.1. The summed E-state index contributed by atoms with van der Waals surface area (Å²) in [6.07, 6.45) is 1.47. The van der Waals surface area contributed by atoms with Crippen molar-refractivity contribution >= 4 is 11.6 Å². The third-order valence-electron chi connectivity index (χ3n) is 3.99. The van der Waals surface area contributed by atoms with Crippen molar-refractivity contribution in [1.82, 2.24) is 5.32 Å². The van der Waals surface area contributed by atoms with Gasteiger partial charge < -0.3 is 20.5 Å². The first-order chi connectivity index (χ1) is 11.2. The van der Waals surface area contributed by atoms with E-state index in [1.165, 1.54) is 0 Å². The van der Waals surface area contributed by atoms with E-state index in [0.29, 0.717) is 13.2 Å². The highest BCUT2D eigenvalue weighted by atomic mass is 16.5. The van der Waals surface area contributed by atoms with Gasteiger partial charge in [0.1, 0.15) is 0 Å². The fourth-order valence-electron chi connectivity index (χ4n) is 2.28. The maximum absolute atomic E-state index is 11.7. The number of anilines is 1. The van der Waals surface area contributed by atoms with Gasteiger partial charge in [-0.2, -0.15) is 0 Å². The number of carbonyl (C=O) groups is 1. The summed E-state index contributed by atoms with van der Waals surface area (Å²) in [5.41, 5.74) is 1.71. The number of hydrogen-bond donors (Lipinski definition) is 3. The van der Waals surface area contributed by atoms with Crippen LogP contribution in [-0.2, 0) is 9.53 Å². The van der Waals surface area contributed by atoms with Crippen molar-refractivity contribution in [3.8, 4) is 0 Å². The maximum Gasteiger partial charge on any atom is 0.227 e. The molecule has 1 aromatic carbocycles. The average molecular weight is 334 g/mol. The van der Waals surface area contributed by atoms with Gasteiger partial charge in [0, 0.05) is 24.2 Å². The molecule has 0 aliphatic heterocycles. The minimum Gasteiger partial charge on any atom is -0.389 e. The van der Waals surface area contributed by atoms with Crippen LogP contribution in [0, 0.1) is 5.92 Å². The molecule has 1 aliphatic rings. The lowest BCUT2D eigenvalue weighted by molar-refractivity contribution is -0.117. The zero-order chi connectivity index (χ0) is 17.7. The number of ether oxygens (including phenoxy) is 1. The van der Waals surface area contributed by atoms with Gasteiger partial charge in [0.15, 0.2) is 0 Å². The number of hydrogen-bond acceptors (Lipinski definition) is 4. The van der Waals surface area contributed by atoms with E-state index in [0.717, 1.165) is 24.1 Å². The largest absolute Gasteiger partial charge is 0.389 e. The van der Waals surface area contributed by atoms with Crippen LogP contribution < -0.4 is 10.6 Å². The molecule has 1 fully saturated rings. The predicted molar refractivity (Wildman–Crippen MR) is 95.9 cm³/mol. The number of amides is 1. The van der Waals surface area contributed by atoms with Crippen LogP contribution in [0.15, 0.2) is 24.3 Å². The molecule has 134 valence electrons. The summed E-state index contributed by atoms with van der Waals surface area (Å²) in [4.78, 5) is 11.7. The highest BCUT2D eigenvalue weighted by Gasteiger charge is 2.29. The molecule has 1 saturated carbocycles. The quantitative estimate of drug-likeness (QED) is 0.684. The number of aliphatic hydroxyl groups excluding tert-OH is 1. The third kappa shape index (κ3) is 6.59. The van der Waals surface area contributed by atoms with E-state index in [-0.39, 0.29) is 23.5 Å². The number of nitrogens with one attached hydrogen (secondary N) is 2. The predicted octanol–water partition coefficient (Wildman–Crippen LogP) is 2.86. The lowest BCUT2D eigenvalue weighted by Crippen LogP contribution is -2.34. The average Bonchev–Trinajstić information content (AvgIpc) is 3.35. The summed E-state index contributed by atoms with van der Waals surface area (Å²) in [6.45, 7) is 8.75. The number of aliphatic hydroxyl groups is 1. The summed E-state index contributed by atoms with van der Waals surface area (Å²) in [7, 11) is 0. The Hall–Kier alpha value is -1.43. The van der Waals surface area contributed by atoms with Gasteiger partial charge in [0.25, 0.3) is 0 Å². The van der Waals surface area contributed by atoms with Crippen LogP contribution in [0.1, 0.15) is 52.1 Å². The van der Waals surface area contributed by atoms with Crippen molar-refractivity contribution in [3.63, 3.8) is 0 Å². The fraction of sp³-hybridized carbons (Fsp3) is 0.632. The molecule has 1 aromatic rings. The van der Waals surface area contributed by atoms with Crippen LogP contribution in [0.3, 0.4) is 0 Å². The second kappa shape index (κ2) is 8.10. The van der Waals surface area contributed by atoms with E-state index in [9.17, 15) is 9.90 Å². The fourth-order valence-corrected chi connectivity index (χ4v) is 2.28. The molecule has 0 radical (unpaired) electrons. The van der Waals surface area contributed by atoms with E-state index >= 15 is 0 Å². The van der Waals surface area contributed by atoms with Gasteiger partial charge in [-0.1, -0.05) is 12.1 Å². The van der Waals surface area contributed by atoms with Gasteiger partial charge >= 0.3 is 0 Å². The molecular weight excluding hydrogens is 304 g/mol. The zero-order valence-electron chi connectivity index (χ0n) is 15.1. The Morgan fingerprint density at radius 1 is 1.29 bits per heavy atom. The molecule has 0 aromatic heterocycles. The van der Waals surface area contributed by atoms with Gasteiger partial charge in [0.05, 0.1) is 18.3 Å². The van der Waals surface area contributed by atoms with Crippen molar-refractivity contribution in [3.05, 3.63) is 29.8 Å². The van der Waals surface area contributed by atoms with Crippen molar-refractivity contribution < 1.29 is 14.6 Å². The third-order valence-corrected chi connectivity index (χ3v) is 3.99. The number of rotatable bonds is 8. The van der Waals surface area contributed by atoms with Gasteiger partial charge in [0.2, 0.25) is 5.91 Å². The molecule has 0 bridgehead atoms. The normalized spacial score (nSPS) is 17.4. The van der Waals surface area contributed by atoms with Crippen LogP contribution >= 0.6 is 0 Å². The van der Waals surface area contributed by atoms with E-state index in [4.69, 9.17) is 4.74 Å². The first kappa shape index (κ1) is 18.9. The maximum atomic E-state index is 11.7. The summed E-state index contributed by atoms with van der Waals surface area (Å²) < 4.78 is 5.58. The highest BCUT2D eigenvalue weighted by Crippen LogP contribution is 2.30. The Labute approximate surface area is 144 Å². The Morgan fingerprint density at radius 2 is 1.92 bits per heavy atom. The molecule has 0 heterocycles. The van der Waals surface area contributed by atoms with Gasteiger partial charge in [-0.25, -0.2) is 0 Å². The molecule has 0 spiro atoms. The van der Waals surface area contributed by atoms with Crippen molar-refractivity contribution in [1.29, 1.82) is 0 Å². The number of benzene rings is 1. The first-order valence-electron chi connectivity index (χ1n) is 8.71. The molecular formula is C19H30N2O3. The zero-order valence-corrected chi connectivity index (χ0v) is 15.1. The van der Waals surface area contributed by atoms with E-state index in [1.54, 1.807) is 0 Å². The Balaban J connectivity index is 1.75. The van der Waals surface area contributed by atoms with Crippen LogP contribution in [0.4, 0.5) is 5.69 Å². The molecule has 2 rings (SSSR count). The summed E-state index contributed by atoms with van der Waals surface area (Å²) in [5.74, 6) is 0.331. The Kier molecular flexibility index (Phi) is 6.38. The van der Waals surface area contributed by atoms with Crippen LogP contribution in [0.2, 0.25) is 0 Å². The molecule has 5 nitrogen and oxygen atoms in total.